The van der Waals surface area contributed by atoms with E-state index in [9.17, 15) is 5.26 Å². The first-order chi connectivity index (χ1) is 12.4. The molecule has 0 radical (unpaired) electrons. The third-order valence-electron chi connectivity index (χ3n) is 6.57. The van der Waals surface area contributed by atoms with Crippen LogP contribution < -0.4 is 0 Å². The topological polar surface area (TPSA) is 42.2 Å². The van der Waals surface area contributed by atoms with Crippen LogP contribution >= 0.6 is 0 Å². The van der Waals surface area contributed by atoms with Crippen molar-refractivity contribution in [3.05, 3.63) is 24.8 Å². The van der Waals surface area contributed by atoms with Crippen LogP contribution in [0.5, 0.6) is 0 Å². The lowest BCUT2D eigenvalue weighted by molar-refractivity contribution is -0.0638. The molecule has 28 heavy (non-hydrogen) atoms. The summed E-state index contributed by atoms with van der Waals surface area (Å²) in [5, 5.41) is 10.6. The summed E-state index contributed by atoms with van der Waals surface area (Å²) < 4.78 is 13.7. The van der Waals surface area contributed by atoms with Crippen molar-refractivity contribution < 1.29 is 8.85 Å². The fraction of sp³-hybridized carbons (Fsp3) is 0.783. The maximum absolute atomic E-state index is 10.6. The van der Waals surface area contributed by atoms with Crippen molar-refractivity contribution in [2.75, 3.05) is 0 Å². The monoisotopic (exact) mass is 421 g/mol. The fourth-order valence-electron chi connectivity index (χ4n) is 4.55. The number of nitriles is 1. The lowest BCUT2D eigenvalue weighted by Gasteiger charge is -2.51. The molecule has 0 amide bonds. The molecule has 0 aromatic carbocycles. The van der Waals surface area contributed by atoms with E-state index in [4.69, 9.17) is 8.85 Å². The van der Waals surface area contributed by atoms with E-state index in [0.29, 0.717) is 6.42 Å². The number of allylic oxidation sites excluding steroid dienone is 1. The maximum atomic E-state index is 10.6. The Bertz CT molecular complexity index is 638. The second-order valence-electron chi connectivity index (χ2n) is 11.4. The molecule has 0 N–H and O–H groups in total. The molecule has 1 fully saturated rings. The zero-order valence-corrected chi connectivity index (χ0v) is 22.0. The number of hydrogen-bond donors (Lipinski definition) is 0. The van der Waals surface area contributed by atoms with E-state index in [0.717, 1.165) is 18.4 Å². The molecule has 0 saturated heterocycles. The van der Waals surface area contributed by atoms with Gasteiger partial charge in [-0.3, -0.25) is 0 Å². The summed E-state index contributed by atoms with van der Waals surface area (Å²) in [4.78, 5) is 0. The molecule has 0 unspecified atom stereocenters. The summed E-state index contributed by atoms with van der Waals surface area (Å²) in [5.74, 6) is 0.159. The highest BCUT2D eigenvalue weighted by Crippen LogP contribution is 2.55. The molecule has 0 spiro atoms. The van der Waals surface area contributed by atoms with Gasteiger partial charge in [0.2, 0.25) is 0 Å². The van der Waals surface area contributed by atoms with E-state index in [1.54, 1.807) is 0 Å². The molecular formula is C23H43NO2Si2. The molecule has 1 aliphatic carbocycles. The molecule has 0 aromatic heterocycles. The van der Waals surface area contributed by atoms with Crippen LogP contribution in [0.1, 0.15) is 53.9 Å². The maximum Gasteiger partial charge on any atom is 0.194 e. The van der Waals surface area contributed by atoms with Crippen LogP contribution in [0.25, 0.3) is 0 Å². The van der Waals surface area contributed by atoms with Gasteiger partial charge in [-0.1, -0.05) is 39.0 Å². The number of hydrogen-bond acceptors (Lipinski definition) is 3. The molecule has 0 aliphatic heterocycles. The smallest absolute Gasteiger partial charge is 0.194 e. The Morgan fingerprint density at radius 3 is 2.14 bits per heavy atom. The summed E-state index contributed by atoms with van der Waals surface area (Å²) in [7, 11) is -4.02. The first-order valence-corrected chi connectivity index (χ1v) is 16.8. The fourth-order valence-corrected chi connectivity index (χ4v) is 7.65. The van der Waals surface area contributed by atoms with Gasteiger partial charge in [0, 0.05) is 12.3 Å². The van der Waals surface area contributed by atoms with Crippen LogP contribution in [-0.4, -0.2) is 27.8 Å². The standard InChI is InChI=1S/C23H43NO2Si2/c1-13-15-23(17-24,26-28(11,12)21(4,5)6)20-19(18(2)3)14-16-22(20,7)25-27(8,9)10/h13,19-20H,1-2,14-16H2,3-12H3/t19-,20-,22-,23+/m1/s1. The van der Waals surface area contributed by atoms with Crippen LogP contribution in [0.2, 0.25) is 37.8 Å². The summed E-state index contributed by atoms with van der Waals surface area (Å²) >= 11 is 0. The molecule has 0 bridgehead atoms. The van der Waals surface area contributed by atoms with Gasteiger partial charge < -0.3 is 8.85 Å². The Hall–Kier alpha value is -0.676. The molecule has 160 valence electrons. The highest BCUT2D eigenvalue weighted by Gasteiger charge is 2.60. The predicted octanol–water partition coefficient (Wildman–Crippen LogP) is 7.06. The van der Waals surface area contributed by atoms with Gasteiger partial charge >= 0.3 is 0 Å². The molecule has 0 heterocycles. The molecule has 0 aromatic rings. The average molecular weight is 422 g/mol. The van der Waals surface area contributed by atoms with Crippen molar-refractivity contribution in [3.63, 3.8) is 0 Å². The number of rotatable bonds is 8. The second kappa shape index (κ2) is 8.22. The minimum absolute atomic E-state index is 0.0175. The molecule has 1 aliphatic rings. The zero-order valence-electron chi connectivity index (χ0n) is 20.0. The first kappa shape index (κ1) is 25.4. The third kappa shape index (κ3) is 5.27. The largest absolute Gasteiger partial charge is 0.412 e. The highest BCUT2D eigenvalue weighted by atomic mass is 28.4. The van der Waals surface area contributed by atoms with Crippen LogP contribution in [0.4, 0.5) is 0 Å². The van der Waals surface area contributed by atoms with E-state index < -0.39 is 27.8 Å². The molecule has 4 atom stereocenters. The third-order valence-corrected chi connectivity index (χ3v) is 12.1. The quantitative estimate of drug-likeness (QED) is 0.311. The Morgan fingerprint density at radius 1 is 1.25 bits per heavy atom. The Balaban J connectivity index is 3.63. The Labute approximate surface area is 176 Å². The van der Waals surface area contributed by atoms with Gasteiger partial charge in [-0.25, -0.2) is 0 Å². The van der Waals surface area contributed by atoms with Crippen LogP contribution in [0, 0.1) is 23.2 Å². The molecule has 3 nitrogen and oxygen atoms in total. The van der Waals surface area contributed by atoms with Gasteiger partial charge in [0.25, 0.3) is 0 Å². The van der Waals surface area contributed by atoms with Gasteiger partial charge in [-0.2, -0.15) is 5.26 Å². The van der Waals surface area contributed by atoms with Crippen molar-refractivity contribution >= 4 is 16.6 Å². The van der Waals surface area contributed by atoms with Gasteiger partial charge in [-0.15, -0.1) is 6.58 Å². The summed E-state index contributed by atoms with van der Waals surface area (Å²) in [6, 6.07) is 2.65. The lowest BCUT2D eigenvalue weighted by atomic mass is 9.71. The van der Waals surface area contributed by atoms with Crippen molar-refractivity contribution in [1.82, 2.24) is 0 Å². The lowest BCUT2D eigenvalue weighted by Crippen LogP contribution is -2.59. The average Bonchev–Trinajstić information content (AvgIpc) is 2.81. The SMILES string of the molecule is C=CC[C@@](C#N)(O[Si](C)(C)C(C)(C)C)[C@@H]1[C@@H](C(=C)C)CC[C@@]1(C)O[Si](C)(C)C. The van der Waals surface area contributed by atoms with Crippen molar-refractivity contribution in [3.8, 4) is 6.07 Å². The van der Waals surface area contributed by atoms with E-state index in [1.807, 2.05) is 6.08 Å². The van der Waals surface area contributed by atoms with Crippen LogP contribution in [-0.2, 0) is 8.85 Å². The second-order valence-corrected chi connectivity index (χ2v) is 20.5. The Morgan fingerprint density at radius 2 is 1.79 bits per heavy atom. The van der Waals surface area contributed by atoms with E-state index in [-0.39, 0.29) is 16.9 Å². The minimum Gasteiger partial charge on any atom is -0.412 e. The molecular weight excluding hydrogens is 378 g/mol. The summed E-state index contributed by atoms with van der Waals surface area (Å²) in [6.07, 6.45) is 4.28. The van der Waals surface area contributed by atoms with E-state index in [1.165, 1.54) is 0 Å². The molecule has 5 heteroatoms. The summed E-state index contributed by atoms with van der Waals surface area (Å²) in [5.41, 5.74) is -0.218. The van der Waals surface area contributed by atoms with Crippen molar-refractivity contribution in [1.29, 1.82) is 5.26 Å². The van der Waals surface area contributed by atoms with E-state index >= 15 is 0 Å². The summed E-state index contributed by atoms with van der Waals surface area (Å²) in [6.45, 7) is 30.3. The van der Waals surface area contributed by atoms with Gasteiger partial charge in [0.1, 0.15) is 0 Å². The van der Waals surface area contributed by atoms with Crippen LogP contribution in [0.15, 0.2) is 24.8 Å². The zero-order chi connectivity index (χ0) is 22.2. The molecule has 1 rings (SSSR count). The first-order valence-electron chi connectivity index (χ1n) is 10.5. The van der Waals surface area contributed by atoms with E-state index in [2.05, 4.69) is 86.6 Å². The van der Waals surface area contributed by atoms with Crippen molar-refractivity contribution in [2.24, 2.45) is 11.8 Å². The van der Waals surface area contributed by atoms with Crippen molar-refractivity contribution in [2.45, 2.75) is 103 Å². The van der Waals surface area contributed by atoms with Gasteiger partial charge in [0.15, 0.2) is 22.2 Å². The Kier molecular flexibility index (Phi) is 7.44. The van der Waals surface area contributed by atoms with Gasteiger partial charge in [-0.05, 0) is 70.4 Å². The predicted molar refractivity (Wildman–Crippen MR) is 125 cm³/mol. The highest BCUT2D eigenvalue weighted by molar-refractivity contribution is 6.74. The molecule has 1 saturated carbocycles. The normalized spacial score (nSPS) is 28.5. The van der Waals surface area contributed by atoms with Gasteiger partial charge in [0.05, 0.1) is 11.7 Å². The minimum atomic E-state index is -2.20. The number of nitrogens with zero attached hydrogens (tertiary/aromatic N) is 1. The van der Waals surface area contributed by atoms with Crippen LogP contribution in [0.3, 0.4) is 0 Å².